The van der Waals surface area contributed by atoms with Crippen LogP contribution < -0.4 is 69.3 Å². The van der Waals surface area contributed by atoms with E-state index in [0.717, 1.165) is 0 Å². The molecule has 1 unspecified atom stereocenters. The molecular formula is C11H8F12Na2O8S. The molecule has 0 aromatic rings. The van der Waals surface area contributed by atoms with Gasteiger partial charge in [-0.15, -0.1) is 0 Å². The van der Waals surface area contributed by atoms with E-state index in [1.54, 1.807) is 0 Å². The summed E-state index contributed by atoms with van der Waals surface area (Å²) in [6.45, 7) is -1.01. The molecule has 0 radical (unpaired) electrons. The molecule has 0 bridgehead atoms. The van der Waals surface area contributed by atoms with Crippen LogP contribution in [0.1, 0.15) is 13.3 Å². The molecule has 0 aliphatic rings. The maximum absolute atomic E-state index is 12.6. The molecule has 0 saturated heterocycles. The summed E-state index contributed by atoms with van der Waals surface area (Å²) in [5.74, 6) is -39.8. The van der Waals surface area contributed by atoms with Crippen LogP contribution in [0.25, 0.3) is 0 Å². The average Bonchev–Trinajstić information content (AvgIpc) is 2.48. The van der Waals surface area contributed by atoms with Gasteiger partial charge < -0.3 is 24.9 Å². The number of halogens is 12. The van der Waals surface area contributed by atoms with Gasteiger partial charge in [0.1, 0.15) is 5.25 Å². The van der Waals surface area contributed by atoms with Crippen molar-refractivity contribution in [1.29, 1.82) is 0 Å². The number of rotatable bonds is 9. The van der Waals surface area contributed by atoms with Gasteiger partial charge in [-0.3, -0.25) is 4.55 Å². The van der Waals surface area contributed by atoms with Gasteiger partial charge in [-0.05, 0) is 0 Å². The van der Waals surface area contributed by atoms with Gasteiger partial charge in [-0.25, -0.2) is 0 Å². The molecule has 0 saturated carbocycles. The molecule has 0 aliphatic carbocycles. The molecule has 0 aromatic heterocycles. The van der Waals surface area contributed by atoms with E-state index < -0.39 is 76.4 Å². The summed E-state index contributed by atoms with van der Waals surface area (Å²) in [7, 11) is -4.94. The molecule has 0 fully saturated rings. The maximum atomic E-state index is 12.6. The molecule has 0 spiro atoms. The van der Waals surface area contributed by atoms with E-state index in [4.69, 9.17) is 9.66 Å². The van der Waals surface area contributed by atoms with E-state index in [1.807, 2.05) is 0 Å². The molecule has 192 valence electrons. The van der Waals surface area contributed by atoms with Crippen molar-refractivity contribution >= 4 is 22.1 Å². The Morgan fingerprint density at radius 3 is 1.21 bits per heavy atom. The Balaban J connectivity index is -0.000000279. The molecular weight excluding hydrogens is 566 g/mol. The molecule has 0 aromatic carbocycles. The van der Waals surface area contributed by atoms with Gasteiger partial charge in [0.25, 0.3) is 10.1 Å². The maximum Gasteiger partial charge on any atom is 1.00 e. The number of aliphatic carboxylic acids is 2. The second-order valence-corrected chi connectivity index (χ2v) is 7.22. The van der Waals surface area contributed by atoms with Crippen molar-refractivity contribution in [3.8, 4) is 0 Å². The third kappa shape index (κ3) is 8.82. The zero-order valence-electron chi connectivity index (χ0n) is 16.6. The first kappa shape index (κ1) is 41.1. The minimum Gasteiger partial charge on any atom is -0.550 e. The fraction of sp³-hybridized carbons (Fsp3) is 0.818. The predicted octanol–water partition coefficient (Wildman–Crippen LogP) is -6.09. The molecule has 0 amide bonds. The van der Waals surface area contributed by atoms with Crippen molar-refractivity contribution < 1.29 is 150 Å². The smallest absolute Gasteiger partial charge is 0.550 e. The van der Waals surface area contributed by atoms with E-state index >= 15 is 0 Å². The number of hydrogen-bond acceptors (Lipinski definition) is 7. The van der Waals surface area contributed by atoms with E-state index in [-0.39, 0.29) is 59.1 Å². The van der Waals surface area contributed by atoms with Crippen LogP contribution in [0.2, 0.25) is 0 Å². The van der Waals surface area contributed by atoms with Crippen molar-refractivity contribution in [2.75, 3.05) is 0 Å². The second kappa shape index (κ2) is 12.5. The Morgan fingerprint density at radius 1 is 0.765 bits per heavy atom. The monoisotopic (exact) mass is 574 g/mol. The third-order valence-electron chi connectivity index (χ3n) is 3.09. The van der Waals surface area contributed by atoms with E-state index in [1.165, 1.54) is 0 Å². The minimum atomic E-state index is -7.68. The van der Waals surface area contributed by atoms with Crippen molar-refractivity contribution in [3.63, 3.8) is 0 Å². The van der Waals surface area contributed by atoms with Crippen LogP contribution in [-0.2, 0) is 19.7 Å². The predicted molar refractivity (Wildman–Crippen MR) is 67.5 cm³/mol. The van der Waals surface area contributed by atoms with E-state index in [2.05, 4.69) is 0 Å². The standard InChI is InChI=1S/C7H4F12O.C4H6O7S.2Na/c1-2(8,9)3(10,11)4(12,13)5(14,15)6(16,17)7(18,19)20;5-3(6)1-2(4(7)8)12(9,10)11;;/h20H,1H3;2H,1H2,(H,5,6)(H,7,8)(H,9,10,11);;/q;;2*+1/p-2. The van der Waals surface area contributed by atoms with Crippen molar-refractivity contribution in [1.82, 2.24) is 0 Å². The molecule has 0 heterocycles. The Labute approximate surface area is 225 Å². The van der Waals surface area contributed by atoms with Gasteiger partial charge in [-0.2, -0.15) is 61.1 Å². The number of hydrogen-bond donors (Lipinski definition) is 2. The van der Waals surface area contributed by atoms with Crippen molar-refractivity contribution in [3.05, 3.63) is 0 Å². The number of carboxylic acids is 2. The fourth-order valence-electron chi connectivity index (χ4n) is 1.32. The zero-order chi connectivity index (χ0) is 26.9. The van der Waals surface area contributed by atoms with E-state index in [0.29, 0.717) is 0 Å². The Bertz CT molecular complexity index is 774. The number of aliphatic hydroxyl groups is 1. The zero-order valence-corrected chi connectivity index (χ0v) is 21.4. The Morgan fingerprint density at radius 2 is 1.06 bits per heavy atom. The number of alkyl halides is 12. The van der Waals surface area contributed by atoms with Crippen molar-refractivity contribution in [2.45, 2.75) is 54.3 Å². The first-order valence-corrected chi connectivity index (χ1v) is 8.36. The Hall–Kier alpha value is -0.0300. The summed E-state index contributed by atoms with van der Waals surface area (Å²) in [6.07, 6.45) is -8.19. The first-order valence-electron chi connectivity index (χ1n) is 6.86. The van der Waals surface area contributed by atoms with E-state index in [9.17, 15) is 80.9 Å². The average molecular weight is 574 g/mol. The van der Waals surface area contributed by atoms with Gasteiger partial charge in [0.15, 0.2) is 0 Å². The molecule has 8 nitrogen and oxygen atoms in total. The molecule has 23 heteroatoms. The minimum absolute atomic E-state index is 0. The summed E-state index contributed by atoms with van der Waals surface area (Å²) >= 11 is 0. The second-order valence-electron chi connectivity index (χ2n) is 5.63. The molecule has 34 heavy (non-hydrogen) atoms. The van der Waals surface area contributed by atoms with Gasteiger partial charge in [-0.1, -0.05) is 0 Å². The fourth-order valence-corrected chi connectivity index (χ4v) is 1.91. The van der Waals surface area contributed by atoms with Crippen LogP contribution in [0.4, 0.5) is 52.7 Å². The summed E-state index contributed by atoms with van der Waals surface area (Å²) < 4.78 is 176. The van der Waals surface area contributed by atoms with Crippen LogP contribution in [0.5, 0.6) is 0 Å². The summed E-state index contributed by atoms with van der Waals surface area (Å²) in [4.78, 5) is 19.7. The number of carboxylic acid groups (broad SMARTS) is 2. The Kier molecular flexibility index (Phi) is 15.1. The summed E-state index contributed by atoms with van der Waals surface area (Å²) in [5.41, 5.74) is 0. The van der Waals surface area contributed by atoms with Crippen LogP contribution in [0.3, 0.4) is 0 Å². The topological polar surface area (TPSA) is 155 Å². The molecule has 1 atom stereocenters. The largest absolute Gasteiger partial charge is 1.00 e. The van der Waals surface area contributed by atoms with Gasteiger partial charge in [0, 0.05) is 19.3 Å². The van der Waals surface area contributed by atoms with Gasteiger partial charge in [0.2, 0.25) is 0 Å². The third-order valence-corrected chi connectivity index (χ3v) is 4.16. The SMILES string of the molecule is CC(F)(F)C(F)(F)C(F)(F)C(F)(F)C(F)(F)C(O)(F)F.O=C([O-])CC(C(=O)[O-])S(=O)(=O)O.[Na+].[Na+]. The normalized spacial score (nSPS) is 14.6. The van der Waals surface area contributed by atoms with Gasteiger partial charge in [0.05, 0.1) is 5.97 Å². The van der Waals surface area contributed by atoms with Crippen LogP contribution >= 0.6 is 0 Å². The molecule has 0 rings (SSSR count). The molecule has 0 aliphatic heterocycles. The van der Waals surface area contributed by atoms with Crippen LogP contribution in [0, 0.1) is 0 Å². The summed E-state index contributed by atoms with van der Waals surface area (Å²) in [5, 5.41) is 24.6. The van der Waals surface area contributed by atoms with Crippen LogP contribution in [-0.4, -0.2) is 71.0 Å². The quantitative estimate of drug-likeness (QED) is 0.157. The van der Waals surface area contributed by atoms with Crippen molar-refractivity contribution in [2.24, 2.45) is 0 Å². The van der Waals surface area contributed by atoms with Gasteiger partial charge >= 0.3 is 94.8 Å². The number of carbonyl (C=O) groups is 2. The number of carbonyl (C=O) groups excluding carboxylic acids is 2. The van der Waals surface area contributed by atoms with Crippen LogP contribution in [0.15, 0.2) is 0 Å². The molecule has 2 N–H and O–H groups in total. The summed E-state index contributed by atoms with van der Waals surface area (Å²) in [6, 6.07) is 0. The first-order chi connectivity index (χ1) is 13.5.